The third kappa shape index (κ3) is 2.77. The Bertz CT molecular complexity index is 457. The van der Waals surface area contributed by atoms with Crippen LogP contribution in [0.4, 0.5) is 8.78 Å². The molecule has 0 saturated carbocycles. The number of ketones is 1. The average molecular weight is 244 g/mol. The van der Waals surface area contributed by atoms with Crippen LogP contribution in [-0.2, 0) is 9.53 Å². The summed E-state index contributed by atoms with van der Waals surface area (Å²) in [6.45, 7) is 1.50. The maximum atomic E-state index is 13.3. The van der Waals surface area contributed by atoms with E-state index >= 15 is 0 Å². The van der Waals surface area contributed by atoms with E-state index < -0.39 is 29.0 Å². The Hall–Kier alpha value is -1.98. The first-order valence-electron chi connectivity index (χ1n) is 4.75. The molecule has 0 spiro atoms. The van der Waals surface area contributed by atoms with Crippen LogP contribution in [0.25, 0.3) is 0 Å². The number of hydrogen-bond acceptors (Lipinski definition) is 4. The molecule has 1 aromatic rings. The van der Waals surface area contributed by atoms with Crippen LogP contribution in [0.1, 0.15) is 17.3 Å². The Morgan fingerprint density at radius 1 is 1.24 bits per heavy atom. The Morgan fingerprint density at radius 2 is 1.88 bits per heavy atom. The highest BCUT2D eigenvalue weighted by atomic mass is 19.1. The molecule has 0 amide bonds. The molecule has 0 saturated heterocycles. The van der Waals surface area contributed by atoms with Crippen LogP contribution < -0.4 is 4.74 Å². The number of methoxy groups -OCH3 is 1. The first-order chi connectivity index (χ1) is 8.01. The number of ether oxygens (including phenoxy) is 2. The number of hydrogen-bond donors (Lipinski definition) is 0. The van der Waals surface area contributed by atoms with Crippen LogP contribution in [0, 0.1) is 11.6 Å². The van der Waals surface area contributed by atoms with E-state index in [0.717, 1.165) is 13.2 Å². The molecule has 92 valence electrons. The van der Waals surface area contributed by atoms with E-state index in [4.69, 9.17) is 0 Å². The summed E-state index contributed by atoms with van der Waals surface area (Å²) >= 11 is 0. The zero-order valence-electron chi connectivity index (χ0n) is 9.25. The molecule has 1 rings (SSSR count). The zero-order valence-corrected chi connectivity index (χ0v) is 9.25. The number of carbonyl (C=O) groups is 2. The van der Waals surface area contributed by atoms with E-state index in [-0.39, 0.29) is 12.4 Å². The number of Topliss-reactive ketones (excluding diaryl/α,β-unsaturated/α-hetero) is 1. The maximum Gasteiger partial charge on any atom is 0.379 e. The Kier molecular flexibility index (Phi) is 4.14. The minimum absolute atomic E-state index is 0.00940. The van der Waals surface area contributed by atoms with Crippen LogP contribution in [0.2, 0.25) is 0 Å². The van der Waals surface area contributed by atoms with Crippen molar-refractivity contribution in [2.45, 2.75) is 6.92 Å². The van der Waals surface area contributed by atoms with E-state index in [1.807, 2.05) is 0 Å². The first-order valence-corrected chi connectivity index (χ1v) is 4.75. The monoisotopic (exact) mass is 244 g/mol. The van der Waals surface area contributed by atoms with Gasteiger partial charge in [0.25, 0.3) is 5.78 Å². The molecule has 0 bridgehead atoms. The van der Waals surface area contributed by atoms with Gasteiger partial charge in [0.05, 0.1) is 19.3 Å². The number of halogens is 2. The summed E-state index contributed by atoms with van der Waals surface area (Å²) in [6, 6.07) is 1.30. The highest BCUT2D eigenvalue weighted by Crippen LogP contribution is 2.21. The van der Waals surface area contributed by atoms with Crippen molar-refractivity contribution in [3.63, 3.8) is 0 Å². The van der Waals surface area contributed by atoms with E-state index in [9.17, 15) is 18.4 Å². The predicted molar refractivity (Wildman–Crippen MR) is 53.9 cm³/mol. The van der Waals surface area contributed by atoms with Crippen molar-refractivity contribution in [1.29, 1.82) is 0 Å². The van der Waals surface area contributed by atoms with Gasteiger partial charge in [0.2, 0.25) is 0 Å². The second kappa shape index (κ2) is 5.38. The number of carbonyl (C=O) groups excluding carboxylic acids is 2. The number of esters is 1. The molecule has 0 N–H and O–H groups in total. The molecule has 17 heavy (non-hydrogen) atoms. The smallest absolute Gasteiger partial charge is 0.379 e. The molecule has 0 radical (unpaired) electrons. The van der Waals surface area contributed by atoms with Gasteiger partial charge in [-0.15, -0.1) is 0 Å². The summed E-state index contributed by atoms with van der Waals surface area (Å²) in [5.74, 6) is -4.78. The third-order valence-electron chi connectivity index (χ3n) is 1.95. The minimum Gasteiger partial charge on any atom is -0.494 e. The van der Waals surface area contributed by atoms with Crippen molar-refractivity contribution in [2.75, 3.05) is 13.7 Å². The Morgan fingerprint density at radius 3 is 2.41 bits per heavy atom. The summed E-state index contributed by atoms with van der Waals surface area (Å²) in [4.78, 5) is 22.5. The van der Waals surface area contributed by atoms with Crippen LogP contribution in [0.3, 0.4) is 0 Å². The lowest BCUT2D eigenvalue weighted by atomic mass is 10.1. The summed E-state index contributed by atoms with van der Waals surface area (Å²) in [6.07, 6.45) is 0. The average Bonchev–Trinajstić information content (AvgIpc) is 2.29. The fourth-order valence-corrected chi connectivity index (χ4v) is 1.17. The topological polar surface area (TPSA) is 52.6 Å². The van der Waals surface area contributed by atoms with E-state index in [0.29, 0.717) is 6.07 Å². The maximum absolute atomic E-state index is 13.3. The lowest BCUT2D eigenvalue weighted by Crippen LogP contribution is -2.19. The molecule has 6 heteroatoms. The first kappa shape index (κ1) is 13.1. The van der Waals surface area contributed by atoms with Crippen LogP contribution in [0.15, 0.2) is 12.1 Å². The van der Waals surface area contributed by atoms with E-state index in [1.54, 1.807) is 0 Å². The summed E-state index contributed by atoms with van der Waals surface area (Å²) in [5, 5.41) is 0. The molecule has 0 atom stereocenters. The van der Waals surface area contributed by atoms with Gasteiger partial charge in [-0.2, -0.15) is 0 Å². The van der Waals surface area contributed by atoms with Gasteiger partial charge in [-0.1, -0.05) is 0 Å². The van der Waals surface area contributed by atoms with Gasteiger partial charge in [0, 0.05) is 6.07 Å². The summed E-state index contributed by atoms with van der Waals surface area (Å²) in [7, 11) is 1.16. The van der Waals surface area contributed by atoms with Crippen molar-refractivity contribution >= 4 is 11.8 Å². The molecule has 1 aromatic carbocycles. The summed E-state index contributed by atoms with van der Waals surface area (Å²) < 4.78 is 35.4. The molecular weight excluding hydrogens is 234 g/mol. The van der Waals surface area contributed by atoms with Crippen molar-refractivity contribution in [3.05, 3.63) is 29.3 Å². The fraction of sp³-hybridized carbons (Fsp3) is 0.273. The lowest BCUT2D eigenvalue weighted by Gasteiger charge is -2.06. The predicted octanol–water partition coefficient (Wildman–Crippen LogP) is 1.72. The van der Waals surface area contributed by atoms with Crippen LogP contribution >= 0.6 is 0 Å². The van der Waals surface area contributed by atoms with Gasteiger partial charge in [0.1, 0.15) is 5.82 Å². The quantitative estimate of drug-likeness (QED) is 0.459. The molecule has 0 aromatic heterocycles. The number of rotatable bonds is 4. The number of benzene rings is 1. The molecule has 0 unspecified atom stereocenters. The second-order valence-corrected chi connectivity index (χ2v) is 3.02. The zero-order chi connectivity index (χ0) is 13.0. The summed E-state index contributed by atoms with van der Waals surface area (Å²) in [5.41, 5.74) is -0.582. The Balaban J connectivity index is 3.13. The van der Waals surface area contributed by atoms with Gasteiger partial charge in [-0.3, -0.25) is 4.79 Å². The fourth-order valence-electron chi connectivity index (χ4n) is 1.17. The van der Waals surface area contributed by atoms with Gasteiger partial charge in [-0.25, -0.2) is 13.6 Å². The van der Waals surface area contributed by atoms with Crippen LogP contribution in [-0.4, -0.2) is 25.5 Å². The van der Waals surface area contributed by atoms with Crippen molar-refractivity contribution in [2.24, 2.45) is 0 Å². The normalized spacial score (nSPS) is 9.88. The van der Waals surface area contributed by atoms with Gasteiger partial charge in [-0.05, 0) is 13.0 Å². The molecule has 0 heterocycles. The molecule has 0 fully saturated rings. The van der Waals surface area contributed by atoms with Gasteiger partial charge in [0.15, 0.2) is 11.6 Å². The van der Waals surface area contributed by atoms with Crippen LogP contribution in [0.5, 0.6) is 5.75 Å². The molecule has 0 aliphatic carbocycles. The van der Waals surface area contributed by atoms with Crippen molar-refractivity contribution in [3.8, 4) is 5.75 Å². The largest absolute Gasteiger partial charge is 0.494 e. The van der Waals surface area contributed by atoms with E-state index in [2.05, 4.69) is 9.47 Å². The third-order valence-corrected chi connectivity index (χ3v) is 1.95. The Labute approximate surface area is 96.1 Å². The standard InChI is InChI=1S/C11H10F2O4/c1-3-17-11(15)10(14)6-4-9(16-2)8(13)5-7(6)12/h4-5H,3H2,1-2H3. The SMILES string of the molecule is CCOC(=O)C(=O)c1cc(OC)c(F)cc1F. The van der Waals surface area contributed by atoms with Gasteiger partial charge < -0.3 is 9.47 Å². The molecule has 0 aliphatic rings. The lowest BCUT2D eigenvalue weighted by molar-refractivity contribution is -0.137. The highest BCUT2D eigenvalue weighted by molar-refractivity contribution is 6.40. The van der Waals surface area contributed by atoms with Crippen molar-refractivity contribution in [1.82, 2.24) is 0 Å². The molecule has 4 nitrogen and oxygen atoms in total. The molecule has 0 aliphatic heterocycles. The van der Waals surface area contributed by atoms with Gasteiger partial charge >= 0.3 is 5.97 Å². The van der Waals surface area contributed by atoms with Crippen molar-refractivity contribution < 1.29 is 27.8 Å². The second-order valence-electron chi connectivity index (χ2n) is 3.02. The van der Waals surface area contributed by atoms with E-state index in [1.165, 1.54) is 6.92 Å². The minimum atomic E-state index is -1.19. The highest BCUT2D eigenvalue weighted by Gasteiger charge is 2.23. The molecular formula is C11H10F2O4.